The number of rotatable bonds is 9. The summed E-state index contributed by atoms with van der Waals surface area (Å²) in [5.41, 5.74) is 11.4. The number of primary amides is 1. The number of nitrogen functional groups attached to an aromatic ring is 1. The molecule has 1 heterocycles. The highest BCUT2D eigenvalue weighted by Gasteiger charge is 2.05. The van der Waals surface area contributed by atoms with Gasteiger partial charge in [-0.1, -0.05) is 13.8 Å². The number of amides is 1. The van der Waals surface area contributed by atoms with E-state index in [0.29, 0.717) is 30.5 Å². The smallest absolute Gasteiger partial charge is 0.239 e. The third-order valence-electron chi connectivity index (χ3n) is 2.60. The molecule has 1 amide bonds. The Labute approximate surface area is 119 Å². The maximum atomic E-state index is 10.6. The van der Waals surface area contributed by atoms with Crippen LogP contribution in [0.25, 0.3) is 0 Å². The third-order valence-corrected chi connectivity index (χ3v) is 2.60. The first kappa shape index (κ1) is 16.1. The molecule has 20 heavy (non-hydrogen) atoms. The molecular formula is C14H24N4O2. The van der Waals surface area contributed by atoms with E-state index in [4.69, 9.17) is 16.2 Å². The Morgan fingerprint density at radius 1 is 1.40 bits per heavy atom. The molecule has 0 aliphatic carbocycles. The first-order chi connectivity index (χ1) is 9.49. The largest absolute Gasteiger partial charge is 0.476 e. The van der Waals surface area contributed by atoms with Crippen molar-refractivity contribution in [3.05, 3.63) is 12.1 Å². The molecule has 0 fully saturated rings. The maximum Gasteiger partial charge on any atom is 0.239 e. The number of nitrogens with zero attached hydrogens (tertiary/aromatic N) is 1. The minimum Gasteiger partial charge on any atom is -0.476 e. The number of unbranched alkanes of at least 4 members (excludes halogenated alkanes) is 1. The lowest BCUT2D eigenvalue weighted by Crippen LogP contribution is -2.11. The van der Waals surface area contributed by atoms with E-state index in [1.165, 1.54) is 0 Å². The summed E-state index contributed by atoms with van der Waals surface area (Å²) in [6.07, 6.45) is 2.05. The average Bonchev–Trinajstić information content (AvgIpc) is 2.38. The van der Waals surface area contributed by atoms with Crippen molar-refractivity contribution in [3.63, 3.8) is 0 Å². The minimum absolute atomic E-state index is 0.264. The van der Waals surface area contributed by atoms with Crippen LogP contribution in [0.4, 0.5) is 11.5 Å². The molecule has 0 aliphatic heterocycles. The van der Waals surface area contributed by atoms with Crippen LogP contribution in [-0.4, -0.2) is 24.0 Å². The Morgan fingerprint density at radius 3 is 2.80 bits per heavy atom. The molecule has 0 radical (unpaired) electrons. The molecule has 1 aromatic heterocycles. The maximum absolute atomic E-state index is 10.6. The lowest BCUT2D eigenvalue weighted by atomic mass is 10.2. The summed E-state index contributed by atoms with van der Waals surface area (Å²) < 4.78 is 5.56. The van der Waals surface area contributed by atoms with Crippen molar-refractivity contribution in [3.8, 4) is 5.88 Å². The Balaban J connectivity index is 2.42. The summed E-state index contributed by atoms with van der Waals surface area (Å²) in [4.78, 5) is 14.9. The topological polar surface area (TPSA) is 103 Å². The molecule has 0 spiro atoms. The van der Waals surface area contributed by atoms with Gasteiger partial charge in [-0.05, 0) is 30.9 Å². The normalized spacial score (nSPS) is 10.6. The van der Waals surface area contributed by atoms with E-state index in [9.17, 15) is 4.79 Å². The van der Waals surface area contributed by atoms with Gasteiger partial charge in [0, 0.05) is 13.0 Å². The van der Waals surface area contributed by atoms with Crippen molar-refractivity contribution >= 4 is 17.4 Å². The molecule has 112 valence electrons. The zero-order valence-electron chi connectivity index (χ0n) is 12.2. The molecule has 0 unspecified atom stereocenters. The quantitative estimate of drug-likeness (QED) is 0.598. The number of hydrogen-bond donors (Lipinski definition) is 3. The van der Waals surface area contributed by atoms with Gasteiger partial charge < -0.3 is 21.5 Å². The van der Waals surface area contributed by atoms with Crippen LogP contribution in [-0.2, 0) is 4.79 Å². The van der Waals surface area contributed by atoms with E-state index in [-0.39, 0.29) is 5.91 Å². The van der Waals surface area contributed by atoms with E-state index >= 15 is 0 Å². The fourth-order valence-electron chi connectivity index (χ4n) is 1.55. The lowest BCUT2D eigenvalue weighted by Gasteiger charge is -2.12. The number of anilines is 2. The van der Waals surface area contributed by atoms with E-state index in [0.717, 1.165) is 25.2 Å². The van der Waals surface area contributed by atoms with E-state index in [1.807, 2.05) is 6.07 Å². The van der Waals surface area contributed by atoms with Crippen LogP contribution in [0.15, 0.2) is 12.1 Å². The zero-order valence-corrected chi connectivity index (χ0v) is 12.2. The molecule has 0 aromatic carbocycles. The van der Waals surface area contributed by atoms with Gasteiger partial charge in [0.1, 0.15) is 5.82 Å². The summed E-state index contributed by atoms with van der Waals surface area (Å²) in [7, 11) is 0. The first-order valence-corrected chi connectivity index (χ1v) is 6.90. The average molecular weight is 280 g/mol. The summed E-state index contributed by atoms with van der Waals surface area (Å²) in [5, 5.41) is 3.17. The predicted molar refractivity (Wildman–Crippen MR) is 80.5 cm³/mol. The minimum atomic E-state index is -0.264. The Bertz CT molecular complexity index is 435. The Morgan fingerprint density at radius 2 is 2.15 bits per heavy atom. The second kappa shape index (κ2) is 8.24. The Kier molecular flexibility index (Phi) is 6.63. The second-order valence-corrected chi connectivity index (χ2v) is 5.15. The standard InChI is InChI=1S/C14H24N4O2/c1-10(2)9-20-14-11(15)6-7-13(18-14)17-8-4-3-5-12(16)19/h6-7,10H,3-5,8-9,15H2,1-2H3,(H2,16,19)(H,17,18). The van der Waals surface area contributed by atoms with Crippen molar-refractivity contribution in [1.82, 2.24) is 4.98 Å². The van der Waals surface area contributed by atoms with Crippen molar-refractivity contribution in [2.75, 3.05) is 24.2 Å². The lowest BCUT2D eigenvalue weighted by molar-refractivity contribution is -0.118. The van der Waals surface area contributed by atoms with Crippen molar-refractivity contribution in [2.24, 2.45) is 11.7 Å². The van der Waals surface area contributed by atoms with Gasteiger partial charge in [-0.25, -0.2) is 0 Å². The van der Waals surface area contributed by atoms with Gasteiger partial charge in [0.25, 0.3) is 0 Å². The second-order valence-electron chi connectivity index (χ2n) is 5.15. The number of carbonyl (C=O) groups excluding carboxylic acids is 1. The molecule has 0 bridgehead atoms. The highest BCUT2D eigenvalue weighted by molar-refractivity contribution is 5.73. The van der Waals surface area contributed by atoms with Crippen LogP contribution >= 0.6 is 0 Å². The number of nitrogens with two attached hydrogens (primary N) is 2. The molecule has 1 rings (SSSR count). The van der Waals surface area contributed by atoms with Gasteiger partial charge in [-0.3, -0.25) is 4.79 Å². The number of nitrogens with one attached hydrogen (secondary N) is 1. The van der Waals surface area contributed by atoms with Gasteiger partial charge in [0.05, 0.1) is 12.3 Å². The monoisotopic (exact) mass is 280 g/mol. The number of aromatic nitrogens is 1. The summed E-state index contributed by atoms with van der Waals surface area (Å²) in [6, 6.07) is 3.58. The van der Waals surface area contributed by atoms with Gasteiger partial charge in [-0.15, -0.1) is 0 Å². The van der Waals surface area contributed by atoms with Gasteiger partial charge in [0.2, 0.25) is 11.8 Å². The zero-order chi connectivity index (χ0) is 15.0. The predicted octanol–water partition coefficient (Wildman–Crippen LogP) is 1.77. The van der Waals surface area contributed by atoms with Gasteiger partial charge >= 0.3 is 0 Å². The van der Waals surface area contributed by atoms with Crippen molar-refractivity contribution < 1.29 is 9.53 Å². The number of hydrogen-bond acceptors (Lipinski definition) is 5. The highest BCUT2D eigenvalue weighted by Crippen LogP contribution is 2.21. The molecule has 0 atom stereocenters. The molecule has 1 aromatic rings. The van der Waals surface area contributed by atoms with E-state index < -0.39 is 0 Å². The van der Waals surface area contributed by atoms with Crippen molar-refractivity contribution in [2.45, 2.75) is 33.1 Å². The van der Waals surface area contributed by atoms with Crippen LogP contribution in [0.3, 0.4) is 0 Å². The summed E-state index contributed by atoms with van der Waals surface area (Å²) >= 11 is 0. The first-order valence-electron chi connectivity index (χ1n) is 6.90. The molecule has 0 saturated heterocycles. The number of carbonyl (C=O) groups is 1. The van der Waals surface area contributed by atoms with Crippen LogP contribution in [0.2, 0.25) is 0 Å². The number of ether oxygens (including phenoxy) is 1. The van der Waals surface area contributed by atoms with Crippen LogP contribution in [0.1, 0.15) is 33.1 Å². The third kappa shape index (κ3) is 6.26. The van der Waals surface area contributed by atoms with Gasteiger partial charge in [-0.2, -0.15) is 4.98 Å². The molecule has 0 aliphatic rings. The SMILES string of the molecule is CC(C)COc1nc(NCCCCC(N)=O)ccc1N. The van der Waals surface area contributed by atoms with Crippen molar-refractivity contribution in [1.29, 1.82) is 0 Å². The Hall–Kier alpha value is -1.98. The molecule has 6 heteroatoms. The number of pyridine rings is 1. The van der Waals surface area contributed by atoms with Crippen LogP contribution in [0, 0.1) is 5.92 Å². The molecule has 5 N–H and O–H groups in total. The summed E-state index contributed by atoms with van der Waals surface area (Å²) in [5.74, 6) is 1.33. The van der Waals surface area contributed by atoms with Crippen LogP contribution < -0.4 is 21.5 Å². The molecule has 0 saturated carbocycles. The van der Waals surface area contributed by atoms with E-state index in [2.05, 4.69) is 24.1 Å². The van der Waals surface area contributed by atoms with E-state index in [1.54, 1.807) is 6.07 Å². The highest BCUT2D eigenvalue weighted by atomic mass is 16.5. The molecule has 6 nitrogen and oxygen atoms in total. The summed E-state index contributed by atoms with van der Waals surface area (Å²) in [6.45, 7) is 5.45. The van der Waals surface area contributed by atoms with Crippen LogP contribution in [0.5, 0.6) is 5.88 Å². The fraction of sp³-hybridized carbons (Fsp3) is 0.571. The fourth-order valence-corrected chi connectivity index (χ4v) is 1.55. The van der Waals surface area contributed by atoms with Gasteiger partial charge in [0.15, 0.2) is 0 Å². The molecular weight excluding hydrogens is 256 g/mol.